The smallest absolute Gasteiger partial charge is 0.416 e. The number of nitrogens with one attached hydrogen (secondary N) is 1. The van der Waals surface area contributed by atoms with Crippen LogP contribution in [0.4, 0.5) is 18.9 Å². The van der Waals surface area contributed by atoms with Gasteiger partial charge in [-0.05, 0) is 49.2 Å². The van der Waals surface area contributed by atoms with Crippen molar-refractivity contribution in [2.45, 2.75) is 36.8 Å². The molecular formula is C21H23F3N2O4S. The Kier molecular flexibility index (Phi) is 6.90. The lowest BCUT2D eigenvalue weighted by atomic mass is 10.1. The van der Waals surface area contributed by atoms with Crippen molar-refractivity contribution >= 4 is 21.6 Å². The van der Waals surface area contributed by atoms with Gasteiger partial charge in [0.05, 0.1) is 23.3 Å². The van der Waals surface area contributed by atoms with Crippen molar-refractivity contribution in [3.63, 3.8) is 0 Å². The van der Waals surface area contributed by atoms with E-state index in [9.17, 15) is 26.4 Å². The molecule has 0 radical (unpaired) electrons. The fourth-order valence-corrected chi connectivity index (χ4v) is 4.95. The molecule has 1 aliphatic rings. The van der Waals surface area contributed by atoms with E-state index in [2.05, 4.69) is 5.32 Å². The van der Waals surface area contributed by atoms with Gasteiger partial charge in [0.15, 0.2) is 0 Å². The van der Waals surface area contributed by atoms with Gasteiger partial charge < -0.3 is 10.1 Å². The number of hydrogen-bond donors (Lipinski definition) is 1. The summed E-state index contributed by atoms with van der Waals surface area (Å²) in [7, 11) is -2.44. The van der Waals surface area contributed by atoms with E-state index in [0.717, 1.165) is 43.9 Å². The third kappa shape index (κ3) is 5.37. The van der Waals surface area contributed by atoms with Crippen molar-refractivity contribution in [2.24, 2.45) is 0 Å². The number of benzene rings is 2. The lowest BCUT2D eigenvalue weighted by Crippen LogP contribution is -2.32. The van der Waals surface area contributed by atoms with E-state index in [1.54, 1.807) is 0 Å². The van der Waals surface area contributed by atoms with Crippen LogP contribution < -0.4 is 10.1 Å². The summed E-state index contributed by atoms with van der Waals surface area (Å²) in [6, 6.07) is 8.05. The Hall–Kier alpha value is -2.59. The van der Waals surface area contributed by atoms with Gasteiger partial charge in [-0.3, -0.25) is 4.79 Å². The van der Waals surface area contributed by atoms with Crippen LogP contribution in [0.1, 0.15) is 41.6 Å². The van der Waals surface area contributed by atoms with Crippen LogP contribution in [0.5, 0.6) is 5.75 Å². The molecule has 1 heterocycles. The van der Waals surface area contributed by atoms with Gasteiger partial charge in [-0.2, -0.15) is 17.5 Å². The summed E-state index contributed by atoms with van der Waals surface area (Å²) in [6.45, 7) is 0.834. The maximum atomic E-state index is 13.1. The molecule has 31 heavy (non-hydrogen) atoms. The van der Waals surface area contributed by atoms with Crippen LogP contribution >= 0.6 is 0 Å². The molecule has 1 aliphatic heterocycles. The largest absolute Gasteiger partial charge is 0.495 e. The van der Waals surface area contributed by atoms with Crippen LogP contribution in [0.15, 0.2) is 47.4 Å². The Morgan fingerprint density at radius 3 is 2.32 bits per heavy atom. The molecule has 2 aromatic carbocycles. The predicted octanol–water partition coefficient (Wildman–Crippen LogP) is 4.53. The minimum atomic E-state index is -4.59. The second kappa shape index (κ2) is 9.27. The first kappa shape index (κ1) is 23.1. The van der Waals surface area contributed by atoms with Crippen LogP contribution in [0.2, 0.25) is 0 Å². The number of ether oxygens (including phenoxy) is 1. The molecule has 6 nitrogen and oxygen atoms in total. The van der Waals surface area contributed by atoms with E-state index in [0.29, 0.717) is 13.1 Å². The zero-order valence-electron chi connectivity index (χ0n) is 16.9. The first-order valence-corrected chi connectivity index (χ1v) is 11.2. The number of halogens is 3. The molecule has 2 aromatic rings. The zero-order chi connectivity index (χ0) is 22.6. The average Bonchev–Trinajstić information content (AvgIpc) is 3.03. The fourth-order valence-electron chi connectivity index (χ4n) is 3.41. The Labute approximate surface area is 179 Å². The van der Waals surface area contributed by atoms with Crippen LogP contribution in [0.3, 0.4) is 0 Å². The molecule has 1 N–H and O–H groups in total. The summed E-state index contributed by atoms with van der Waals surface area (Å²) in [6.07, 6.45) is -1.11. The van der Waals surface area contributed by atoms with Crippen LogP contribution in [-0.4, -0.2) is 38.8 Å². The molecular weight excluding hydrogens is 433 g/mol. The third-order valence-corrected chi connectivity index (χ3v) is 6.97. The standard InChI is InChI=1S/C21H23F3N2O4S/c1-30-19-10-9-17(31(28,29)26-11-4-2-3-5-12-26)14-18(19)25-20(27)15-7-6-8-16(13-15)21(22,23)24/h6-10,13-14H,2-5,11-12H2,1H3,(H,25,27). The number of alkyl halides is 3. The highest BCUT2D eigenvalue weighted by molar-refractivity contribution is 7.89. The quantitative estimate of drug-likeness (QED) is 0.717. The summed E-state index contributed by atoms with van der Waals surface area (Å²) in [5.74, 6) is -0.621. The maximum absolute atomic E-state index is 13.1. The summed E-state index contributed by atoms with van der Waals surface area (Å²) in [5, 5.41) is 2.47. The van der Waals surface area contributed by atoms with Gasteiger partial charge in [-0.25, -0.2) is 8.42 Å². The molecule has 0 saturated carbocycles. The molecule has 0 bridgehead atoms. The van der Waals surface area contributed by atoms with E-state index in [4.69, 9.17) is 4.74 Å². The predicted molar refractivity (Wildman–Crippen MR) is 110 cm³/mol. The van der Waals surface area contributed by atoms with Crippen LogP contribution in [0.25, 0.3) is 0 Å². The number of sulfonamides is 1. The molecule has 0 aliphatic carbocycles. The molecule has 0 atom stereocenters. The number of anilines is 1. The van der Waals surface area contributed by atoms with Crippen molar-refractivity contribution < 1.29 is 31.1 Å². The summed E-state index contributed by atoms with van der Waals surface area (Å²) >= 11 is 0. The number of methoxy groups -OCH3 is 1. The highest BCUT2D eigenvalue weighted by atomic mass is 32.2. The van der Waals surface area contributed by atoms with Gasteiger partial charge in [0, 0.05) is 18.7 Å². The first-order valence-electron chi connectivity index (χ1n) is 9.80. The van der Waals surface area contributed by atoms with Crippen molar-refractivity contribution in [2.75, 3.05) is 25.5 Å². The number of carbonyl (C=O) groups is 1. The normalized spacial score (nSPS) is 15.9. The molecule has 1 amide bonds. The molecule has 0 unspecified atom stereocenters. The summed E-state index contributed by atoms with van der Waals surface area (Å²) < 4.78 is 71.5. The Balaban J connectivity index is 1.90. The highest BCUT2D eigenvalue weighted by Gasteiger charge is 2.31. The lowest BCUT2D eigenvalue weighted by Gasteiger charge is -2.21. The van der Waals surface area contributed by atoms with Gasteiger partial charge in [0.1, 0.15) is 5.75 Å². The van der Waals surface area contributed by atoms with Gasteiger partial charge in [0.2, 0.25) is 10.0 Å². The van der Waals surface area contributed by atoms with Crippen LogP contribution in [-0.2, 0) is 16.2 Å². The number of hydrogen-bond acceptors (Lipinski definition) is 4. The molecule has 168 valence electrons. The number of rotatable bonds is 5. The first-order chi connectivity index (χ1) is 14.6. The summed E-state index contributed by atoms with van der Waals surface area (Å²) in [5.41, 5.74) is -1.11. The number of amides is 1. The van der Waals surface area contributed by atoms with E-state index in [1.165, 1.54) is 35.7 Å². The Morgan fingerprint density at radius 1 is 1.03 bits per heavy atom. The molecule has 0 spiro atoms. The molecule has 1 saturated heterocycles. The lowest BCUT2D eigenvalue weighted by molar-refractivity contribution is -0.137. The second-order valence-corrected chi connectivity index (χ2v) is 9.15. The zero-order valence-corrected chi connectivity index (χ0v) is 17.7. The molecule has 0 aromatic heterocycles. The van der Waals surface area contributed by atoms with E-state index >= 15 is 0 Å². The van der Waals surface area contributed by atoms with Gasteiger partial charge >= 0.3 is 6.18 Å². The SMILES string of the molecule is COc1ccc(S(=O)(=O)N2CCCCCC2)cc1NC(=O)c1cccc(C(F)(F)F)c1. The van der Waals surface area contributed by atoms with E-state index in [-0.39, 0.29) is 21.9 Å². The van der Waals surface area contributed by atoms with Gasteiger partial charge in [0.25, 0.3) is 5.91 Å². The Morgan fingerprint density at radius 2 is 1.71 bits per heavy atom. The van der Waals surface area contributed by atoms with Crippen molar-refractivity contribution in [1.82, 2.24) is 4.31 Å². The minimum Gasteiger partial charge on any atom is -0.495 e. The fraction of sp³-hybridized carbons (Fsp3) is 0.381. The van der Waals surface area contributed by atoms with Crippen molar-refractivity contribution in [1.29, 1.82) is 0 Å². The van der Waals surface area contributed by atoms with Gasteiger partial charge in [-0.1, -0.05) is 18.9 Å². The van der Waals surface area contributed by atoms with E-state index in [1.807, 2.05) is 0 Å². The monoisotopic (exact) mass is 456 g/mol. The third-order valence-electron chi connectivity index (χ3n) is 5.07. The average molecular weight is 456 g/mol. The van der Waals surface area contributed by atoms with Crippen molar-refractivity contribution in [3.05, 3.63) is 53.6 Å². The second-order valence-electron chi connectivity index (χ2n) is 7.21. The molecule has 10 heteroatoms. The topological polar surface area (TPSA) is 75.7 Å². The van der Waals surface area contributed by atoms with E-state index < -0.39 is 27.7 Å². The minimum absolute atomic E-state index is 0.0189. The number of nitrogens with zero attached hydrogens (tertiary/aromatic N) is 1. The van der Waals surface area contributed by atoms with Gasteiger partial charge in [-0.15, -0.1) is 0 Å². The summed E-state index contributed by atoms with van der Waals surface area (Å²) in [4.78, 5) is 12.6. The number of carbonyl (C=O) groups excluding carboxylic acids is 1. The van der Waals surface area contributed by atoms with Crippen LogP contribution in [0, 0.1) is 0 Å². The highest BCUT2D eigenvalue weighted by Crippen LogP contribution is 2.32. The molecule has 1 fully saturated rings. The van der Waals surface area contributed by atoms with Crippen molar-refractivity contribution in [3.8, 4) is 5.75 Å². The Bertz CT molecular complexity index is 1050. The molecule has 3 rings (SSSR count). The maximum Gasteiger partial charge on any atom is 0.416 e.